The number of aliphatic hydroxyl groups is 4. The van der Waals surface area contributed by atoms with Crippen LogP contribution in [-0.4, -0.2) is 62.3 Å². The van der Waals surface area contributed by atoms with Crippen LogP contribution < -0.4 is 4.74 Å². The average molecular weight is 411 g/mol. The second-order valence-electron chi connectivity index (χ2n) is 7.32. The van der Waals surface area contributed by atoms with Gasteiger partial charge >= 0.3 is 6.10 Å². The number of nitrogens with zero attached hydrogens (tertiary/aromatic N) is 3. The molecule has 0 aliphatic heterocycles. The average Bonchev–Trinajstić information content (AvgIpc) is 2.96. The molecule has 0 amide bonds. The molecule has 158 valence electrons. The highest BCUT2D eigenvalue weighted by molar-refractivity contribution is 5.91. The summed E-state index contributed by atoms with van der Waals surface area (Å²) in [6, 6.07) is 15.6. The first-order valence-electron chi connectivity index (χ1n) is 9.44. The molecule has 0 saturated carbocycles. The third kappa shape index (κ3) is 4.31. The maximum atomic E-state index is 10.0. The first-order chi connectivity index (χ1) is 14.1. The Morgan fingerprint density at radius 2 is 1.87 bits per heavy atom. The Labute approximate surface area is 174 Å². The molecule has 0 fully saturated rings. The molecule has 1 unspecified atom stereocenters. The maximum absolute atomic E-state index is 10.0. The molecule has 2 aromatic carbocycles. The summed E-state index contributed by atoms with van der Waals surface area (Å²) in [6.07, 6.45) is -4.09. The fourth-order valence-electron chi connectivity index (χ4n) is 3.44. The summed E-state index contributed by atoms with van der Waals surface area (Å²) in [5.41, 5.74) is 4.32. The Balaban J connectivity index is 1.89. The summed E-state index contributed by atoms with van der Waals surface area (Å²) in [6.45, 7) is 3.56. The van der Waals surface area contributed by atoms with Crippen molar-refractivity contribution in [1.29, 1.82) is 5.26 Å². The van der Waals surface area contributed by atoms with E-state index in [4.69, 9.17) is 20.1 Å². The molecule has 30 heavy (non-hydrogen) atoms. The van der Waals surface area contributed by atoms with Gasteiger partial charge in [-0.05, 0) is 50.7 Å². The maximum Gasteiger partial charge on any atom is 0.345 e. The van der Waals surface area contributed by atoms with Crippen molar-refractivity contribution in [2.45, 2.75) is 26.0 Å². The fourth-order valence-corrected chi connectivity index (χ4v) is 3.44. The molecule has 3 aromatic rings. The quantitative estimate of drug-likeness (QED) is 0.433. The zero-order chi connectivity index (χ0) is 22.1. The van der Waals surface area contributed by atoms with Gasteiger partial charge < -0.3 is 29.7 Å². The molecule has 0 aliphatic rings. The van der Waals surface area contributed by atoms with E-state index < -0.39 is 12.2 Å². The summed E-state index contributed by atoms with van der Waals surface area (Å²) in [5.74, 6) is 0.464. The Morgan fingerprint density at radius 1 is 1.17 bits per heavy atom. The summed E-state index contributed by atoms with van der Waals surface area (Å²) in [5, 5.41) is 47.7. The number of nitriles is 1. The molecule has 8 heteroatoms. The monoisotopic (exact) mass is 411 g/mol. The van der Waals surface area contributed by atoms with Crippen molar-refractivity contribution >= 4 is 10.9 Å². The number of hydrogen-bond donors (Lipinski definition) is 4. The Bertz CT molecular complexity index is 1090. The van der Waals surface area contributed by atoms with Gasteiger partial charge in [0.1, 0.15) is 24.5 Å². The van der Waals surface area contributed by atoms with Crippen LogP contribution in [0.3, 0.4) is 0 Å². The molecule has 4 N–H and O–H groups in total. The van der Waals surface area contributed by atoms with Gasteiger partial charge in [-0.2, -0.15) is 5.26 Å². The summed E-state index contributed by atoms with van der Waals surface area (Å²) >= 11 is 0. The lowest BCUT2D eigenvalue weighted by Gasteiger charge is -2.27. The third-order valence-electron chi connectivity index (χ3n) is 5.08. The molecule has 0 saturated heterocycles. The third-order valence-corrected chi connectivity index (χ3v) is 5.08. The normalized spacial score (nSPS) is 12.9. The van der Waals surface area contributed by atoms with E-state index in [2.05, 4.69) is 6.07 Å². The second-order valence-corrected chi connectivity index (χ2v) is 7.32. The highest BCUT2D eigenvalue weighted by Crippen LogP contribution is 2.32. The molecule has 0 bridgehead atoms. The molecule has 1 atom stereocenters. The molecular weight excluding hydrogens is 386 g/mol. The van der Waals surface area contributed by atoms with Crippen LogP contribution >= 0.6 is 0 Å². The summed E-state index contributed by atoms with van der Waals surface area (Å²) in [7, 11) is 1.24. The molecule has 3 rings (SSSR count). The predicted molar refractivity (Wildman–Crippen MR) is 111 cm³/mol. The molecule has 1 heterocycles. The Hall–Kier alpha value is -2.93. The number of aliphatic hydroxyl groups excluding tert-OH is 1. The van der Waals surface area contributed by atoms with E-state index in [1.54, 1.807) is 12.1 Å². The summed E-state index contributed by atoms with van der Waals surface area (Å²) < 4.78 is 7.67. The van der Waals surface area contributed by atoms with Crippen molar-refractivity contribution in [1.82, 2.24) is 9.47 Å². The van der Waals surface area contributed by atoms with E-state index in [9.17, 15) is 10.4 Å². The van der Waals surface area contributed by atoms with E-state index >= 15 is 0 Å². The van der Waals surface area contributed by atoms with Crippen molar-refractivity contribution in [2.24, 2.45) is 0 Å². The van der Waals surface area contributed by atoms with Crippen LogP contribution in [-0.2, 0) is 0 Å². The van der Waals surface area contributed by atoms with Crippen molar-refractivity contribution in [3.8, 4) is 17.5 Å². The number of aromatic nitrogens is 1. The minimum absolute atomic E-state index is 0.134. The summed E-state index contributed by atoms with van der Waals surface area (Å²) in [4.78, 5) is 0.768. The van der Waals surface area contributed by atoms with Gasteiger partial charge in [-0.3, -0.25) is 0 Å². The molecular formula is C22H25N3O5. The largest absolute Gasteiger partial charge is 0.491 e. The van der Waals surface area contributed by atoms with Gasteiger partial charge in [-0.15, -0.1) is 0 Å². The minimum atomic E-state index is -3.02. The van der Waals surface area contributed by atoms with Crippen LogP contribution in [0.15, 0.2) is 42.5 Å². The van der Waals surface area contributed by atoms with Gasteiger partial charge in [-0.1, -0.05) is 18.2 Å². The van der Waals surface area contributed by atoms with E-state index in [-0.39, 0.29) is 13.2 Å². The lowest BCUT2D eigenvalue weighted by molar-refractivity contribution is -0.390. The number of para-hydroxylation sites is 1. The Morgan fingerprint density at radius 3 is 2.50 bits per heavy atom. The zero-order valence-electron chi connectivity index (χ0n) is 17.1. The van der Waals surface area contributed by atoms with Crippen LogP contribution in [0.5, 0.6) is 5.75 Å². The van der Waals surface area contributed by atoms with E-state index in [1.807, 2.05) is 48.7 Å². The highest BCUT2D eigenvalue weighted by atomic mass is 16.7. The van der Waals surface area contributed by atoms with Gasteiger partial charge in [0.25, 0.3) is 0 Å². The van der Waals surface area contributed by atoms with Gasteiger partial charge in [0.05, 0.1) is 11.1 Å². The van der Waals surface area contributed by atoms with E-state index in [0.29, 0.717) is 11.3 Å². The van der Waals surface area contributed by atoms with Crippen LogP contribution in [0.25, 0.3) is 16.6 Å². The van der Waals surface area contributed by atoms with Gasteiger partial charge in [0.2, 0.25) is 0 Å². The number of likely N-dealkylation sites (N-methyl/N-ethyl adjacent to an activating group) is 1. The first kappa shape index (κ1) is 21.8. The van der Waals surface area contributed by atoms with Crippen LogP contribution in [0.1, 0.15) is 16.8 Å². The number of fused-ring (bicyclic) bond motifs is 1. The number of rotatable bonds is 7. The van der Waals surface area contributed by atoms with E-state index in [1.165, 1.54) is 7.05 Å². The number of benzene rings is 2. The zero-order valence-corrected chi connectivity index (χ0v) is 17.1. The number of aryl methyl sites for hydroxylation is 1. The number of ether oxygens (including phenoxy) is 1. The molecule has 1 aromatic heterocycles. The fraction of sp³-hybridized carbons (Fsp3) is 0.318. The minimum Gasteiger partial charge on any atom is -0.491 e. The van der Waals surface area contributed by atoms with Crippen LogP contribution in [0.2, 0.25) is 0 Å². The van der Waals surface area contributed by atoms with E-state index in [0.717, 1.165) is 32.7 Å². The highest BCUT2D eigenvalue weighted by Gasteiger charge is 2.27. The topological polar surface area (TPSA) is 122 Å². The second kappa shape index (κ2) is 8.44. The van der Waals surface area contributed by atoms with Gasteiger partial charge in [0, 0.05) is 23.3 Å². The lowest BCUT2D eigenvalue weighted by atomic mass is 10.1. The van der Waals surface area contributed by atoms with Crippen molar-refractivity contribution in [3.63, 3.8) is 0 Å². The predicted octanol–water partition coefficient (Wildman–Crippen LogP) is 1.38. The van der Waals surface area contributed by atoms with Crippen LogP contribution in [0, 0.1) is 25.2 Å². The molecule has 0 radical (unpaired) electrons. The molecule has 8 nitrogen and oxygen atoms in total. The van der Waals surface area contributed by atoms with Crippen LogP contribution in [0.4, 0.5) is 0 Å². The lowest BCUT2D eigenvalue weighted by Crippen LogP contribution is -2.50. The molecule has 0 spiro atoms. The van der Waals surface area contributed by atoms with Gasteiger partial charge in [0.15, 0.2) is 0 Å². The molecule has 0 aliphatic carbocycles. The smallest absolute Gasteiger partial charge is 0.345 e. The number of hydrogen-bond acceptors (Lipinski definition) is 7. The van der Waals surface area contributed by atoms with Crippen molar-refractivity contribution < 1.29 is 25.2 Å². The van der Waals surface area contributed by atoms with Gasteiger partial charge in [-0.25, -0.2) is 4.90 Å². The van der Waals surface area contributed by atoms with Crippen molar-refractivity contribution in [3.05, 3.63) is 59.3 Å². The first-order valence-corrected chi connectivity index (χ1v) is 9.44. The SMILES string of the molecule is Cc1ccccc1-n1c(C)c(C#N)c2cc(OCC(O)CN(C)C(O)(O)O)ccc21. The standard InChI is InChI=1S/C22H25N3O5/c1-14-6-4-5-7-20(14)25-15(2)19(11-23)18-10-17(8-9-21(18)25)30-13-16(26)12-24(3)22(27,28)29/h4-10,16,26-29H,12-13H2,1-3H3. The van der Waals surface area contributed by atoms with Crippen molar-refractivity contribution in [2.75, 3.05) is 20.2 Å². The Kier molecular flexibility index (Phi) is 6.12.